The van der Waals surface area contributed by atoms with Crippen LogP contribution in [-0.2, 0) is 25.7 Å². The van der Waals surface area contributed by atoms with E-state index >= 15 is 0 Å². The first-order valence-corrected chi connectivity index (χ1v) is 13.3. The molecule has 2 aliphatic rings. The van der Waals surface area contributed by atoms with Gasteiger partial charge in [-0.3, -0.25) is 19.4 Å². The van der Waals surface area contributed by atoms with Crippen LogP contribution in [0.3, 0.4) is 0 Å². The van der Waals surface area contributed by atoms with Crippen molar-refractivity contribution in [1.82, 2.24) is 9.34 Å². The zero-order valence-electron chi connectivity index (χ0n) is 16.7. The number of nitro benzene ring substituents is 1. The lowest BCUT2D eigenvalue weighted by molar-refractivity contribution is -0.385. The number of hydrogen-bond donors (Lipinski definition) is 1. The van der Waals surface area contributed by atoms with Crippen LogP contribution < -0.4 is 9.46 Å². The standard InChI is InChI=1S/C18H20ClN4O7PS/c19-13-32(27,28)20-15-2-4-16(5-3-15)30-18-11-14(1-6-17(18)23(24)25)12-29-31(26,21-7-8-21)22-9-10-22/h1-6,11,20H,7-10,12-13H2. The third-order valence-corrected chi connectivity index (χ3v) is 9.07. The van der Waals surface area contributed by atoms with Gasteiger partial charge in [-0.2, -0.15) is 0 Å². The Labute approximate surface area is 189 Å². The first-order valence-electron chi connectivity index (χ1n) is 9.57. The number of alkyl halides is 1. The first kappa shape index (κ1) is 23.0. The molecule has 0 atom stereocenters. The molecule has 2 fully saturated rings. The number of sulfonamides is 1. The zero-order chi connectivity index (χ0) is 22.9. The summed E-state index contributed by atoms with van der Waals surface area (Å²) in [4.78, 5) is 10.9. The van der Waals surface area contributed by atoms with Crippen molar-refractivity contribution in [3.8, 4) is 11.5 Å². The Morgan fingerprint density at radius 1 is 1.09 bits per heavy atom. The summed E-state index contributed by atoms with van der Waals surface area (Å²) in [5.74, 6) is 0.248. The van der Waals surface area contributed by atoms with Gasteiger partial charge in [0.15, 0.2) is 0 Å². The SMILES string of the molecule is O=[N+]([O-])c1ccc(COP(=O)(N2CC2)N2CC2)cc1Oc1ccc(NS(=O)(=O)CCl)cc1. The quantitative estimate of drug-likeness (QED) is 0.161. The fourth-order valence-corrected chi connectivity index (χ4v) is 5.81. The smallest absolute Gasteiger partial charge is 0.346 e. The molecule has 14 heteroatoms. The number of halogens is 1. The van der Waals surface area contributed by atoms with Gasteiger partial charge in [-0.1, -0.05) is 0 Å². The molecule has 4 rings (SSSR count). The van der Waals surface area contributed by atoms with Gasteiger partial charge in [0.05, 0.1) is 11.5 Å². The van der Waals surface area contributed by atoms with Crippen LogP contribution in [-0.4, -0.2) is 54.1 Å². The van der Waals surface area contributed by atoms with Gasteiger partial charge in [0, 0.05) is 37.9 Å². The molecule has 172 valence electrons. The highest BCUT2D eigenvalue weighted by Crippen LogP contribution is 2.61. The topological polar surface area (TPSA) is 131 Å². The van der Waals surface area contributed by atoms with Crippen molar-refractivity contribution in [3.05, 3.63) is 58.1 Å². The maximum absolute atomic E-state index is 13.0. The van der Waals surface area contributed by atoms with E-state index in [0.29, 0.717) is 5.56 Å². The number of benzene rings is 2. The summed E-state index contributed by atoms with van der Waals surface area (Å²) >= 11 is 5.37. The first-order chi connectivity index (χ1) is 15.2. The number of nitrogens with one attached hydrogen (secondary N) is 1. The summed E-state index contributed by atoms with van der Waals surface area (Å²) in [6.07, 6.45) is 0. The average Bonchev–Trinajstić information content (AvgIpc) is 3.65. The van der Waals surface area contributed by atoms with E-state index in [1.807, 2.05) is 0 Å². The minimum atomic E-state index is -3.65. The van der Waals surface area contributed by atoms with Crippen LogP contribution in [0.4, 0.5) is 11.4 Å². The normalized spacial score (nSPS) is 16.5. The Morgan fingerprint density at radius 2 is 1.72 bits per heavy atom. The van der Waals surface area contributed by atoms with Crippen LogP contribution in [0.25, 0.3) is 0 Å². The second-order valence-electron chi connectivity index (χ2n) is 7.18. The highest BCUT2D eigenvalue weighted by atomic mass is 35.5. The Kier molecular flexibility index (Phi) is 6.44. The third kappa shape index (κ3) is 5.40. The van der Waals surface area contributed by atoms with Crippen molar-refractivity contribution in [1.29, 1.82) is 0 Å². The van der Waals surface area contributed by atoms with Gasteiger partial charge in [-0.15, -0.1) is 11.6 Å². The Balaban J connectivity index is 1.49. The fraction of sp³-hybridized carbons (Fsp3) is 0.333. The van der Waals surface area contributed by atoms with Gasteiger partial charge in [-0.25, -0.2) is 17.8 Å². The molecule has 2 aromatic carbocycles. The molecule has 11 nitrogen and oxygen atoms in total. The van der Waals surface area contributed by atoms with Gasteiger partial charge in [-0.05, 0) is 42.0 Å². The molecule has 2 saturated heterocycles. The molecule has 2 heterocycles. The molecule has 0 spiro atoms. The van der Waals surface area contributed by atoms with Crippen molar-refractivity contribution in [2.24, 2.45) is 0 Å². The van der Waals surface area contributed by atoms with Crippen molar-refractivity contribution < 1.29 is 27.2 Å². The zero-order valence-corrected chi connectivity index (χ0v) is 19.2. The highest BCUT2D eigenvalue weighted by molar-refractivity contribution is 7.93. The lowest BCUT2D eigenvalue weighted by Gasteiger charge is -2.19. The van der Waals surface area contributed by atoms with Gasteiger partial charge in [0.25, 0.3) is 0 Å². The van der Waals surface area contributed by atoms with E-state index in [1.165, 1.54) is 42.5 Å². The number of nitro groups is 1. The lowest BCUT2D eigenvalue weighted by Crippen LogP contribution is -2.13. The van der Waals surface area contributed by atoms with E-state index in [9.17, 15) is 23.1 Å². The maximum Gasteiger partial charge on any atom is 0.346 e. The molecular weight excluding hydrogens is 483 g/mol. The molecule has 0 radical (unpaired) electrons. The van der Waals surface area contributed by atoms with Gasteiger partial charge < -0.3 is 9.26 Å². The molecule has 32 heavy (non-hydrogen) atoms. The number of nitrogens with zero attached hydrogens (tertiary/aromatic N) is 3. The van der Waals surface area contributed by atoms with E-state index in [0.717, 1.165) is 26.2 Å². The van der Waals surface area contributed by atoms with E-state index in [4.69, 9.17) is 20.9 Å². The lowest BCUT2D eigenvalue weighted by atomic mass is 10.2. The molecular formula is C18H20ClN4O7PS. The van der Waals surface area contributed by atoms with Crippen LogP contribution in [0, 0.1) is 10.1 Å². The van der Waals surface area contributed by atoms with E-state index in [1.54, 1.807) is 9.34 Å². The van der Waals surface area contributed by atoms with Gasteiger partial charge in [0.2, 0.25) is 15.8 Å². The van der Waals surface area contributed by atoms with Crippen molar-refractivity contribution in [2.75, 3.05) is 36.1 Å². The third-order valence-electron chi connectivity index (χ3n) is 4.68. The molecule has 0 saturated carbocycles. The molecule has 0 amide bonds. The Bertz CT molecular complexity index is 1150. The largest absolute Gasteiger partial charge is 0.450 e. The second-order valence-corrected chi connectivity index (χ2v) is 11.9. The predicted molar refractivity (Wildman–Crippen MR) is 118 cm³/mol. The minimum absolute atomic E-state index is 0.0117. The van der Waals surface area contributed by atoms with Crippen LogP contribution in [0.5, 0.6) is 11.5 Å². The summed E-state index contributed by atoms with van der Waals surface area (Å²) in [5.41, 5.74) is 0.595. The van der Waals surface area contributed by atoms with E-state index < -0.39 is 27.8 Å². The Morgan fingerprint density at radius 3 is 2.25 bits per heavy atom. The van der Waals surface area contributed by atoms with Crippen LogP contribution in [0.1, 0.15) is 5.56 Å². The van der Waals surface area contributed by atoms with Crippen molar-refractivity contribution in [3.63, 3.8) is 0 Å². The molecule has 0 unspecified atom stereocenters. The fourth-order valence-electron chi connectivity index (χ4n) is 2.90. The molecule has 0 aliphatic carbocycles. The number of anilines is 1. The minimum Gasteiger partial charge on any atom is -0.450 e. The molecule has 1 N–H and O–H groups in total. The number of rotatable bonds is 11. The second kappa shape index (κ2) is 8.97. The van der Waals surface area contributed by atoms with E-state index in [2.05, 4.69) is 4.72 Å². The van der Waals surface area contributed by atoms with Crippen molar-refractivity contribution in [2.45, 2.75) is 6.61 Å². The van der Waals surface area contributed by atoms with Crippen molar-refractivity contribution >= 4 is 40.7 Å². The molecule has 2 aromatic rings. The van der Waals surface area contributed by atoms with Crippen LogP contribution in [0.15, 0.2) is 42.5 Å². The van der Waals surface area contributed by atoms with Crippen LogP contribution in [0.2, 0.25) is 0 Å². The summed E-state index contributed by atoms with van der Waals surface area (Å²) in [7, 11) is -6.67. The van der Waals surface area contributed by atoms with Gasteiger partial charge in [0.1, 0.15) is 11.0 Å². The monoisotopic (exact) mass is 502 g/mol. The average molecular weight is 503 g/mol. The molecule has 0 bridgehead atoms. The number of hydrogen-bond acceptors (Lipinski definition) is 7. The van der Waals surface area contributed by atoms with Gasteiger partial charge >= 0.3 is 13.4 Å². The predicted octanol–water partition coefficient (Wildman–Crippen LogP) is 3.58. The van der Waals surface area contributed by atoms with E-state index in [-0.39, 0.29) is 29.5 Å². The number of ether oxygens (including phenoxy) is 1. The van der Waals surface area contributed by atoms with Crippen LogP contribution >= 0.6 is 19.3 Å². The Hall–Kier alpha value is -2.21. The maximum atomic E-state index is 13.0. The molecule has 2 aliphatic heterocycles. The summed E-state index contributed by atoms with van der Waals surface area (Å²) < 4.78 is 53.4. The summed E-state index contributed by atoms with van der Waals surface area (Å²) in [6, 6.07) is 10.1. The highest BCUT2D eigenvalue weighted by Gasteiger charge is 2.49. The summed E-state index contributed by atoms with van der Waals surface area (Å²) in [5, 5.41) is 10.8. The molecule has 0 aromatic heterocycles. The summed E-state index contributed by atoms with van der Waals surface area (Å²) in [6.45, 7) is 2.90.